The van der Waals surface area contributed by atoms with Gasteiger partial charge in [0.25, 0.3) is 0 Å². The van der Waals surface area contributed by atoms with E-state index >= 15 is 0 Å². The van der Waals surface area contributed by atoms with Crippen LogP contribution in [0.15, 0.2) is 42.5 Å². The zero-order valence-corrected chi connectivity index (χ0v) is 16.8. The van der Waals surface area contributed by atoms with E-state index in [-0.39, 0.29) is 29.6 Å². The van der Waals surface area contributed by atoms with E-state index in [1.165, 1.54) is 0 Å². The third-order valence-electron chi connectivity index (χ3n) is 5.34. The molecule has 0 radical (unpaired) electrons. The predicted molar refractivity (Wildman–Crippen MR) is 107 cm³/mol. The van der Waals surface area contributed by atoms with E-state index in [0.29, 0.717) is 11.6 Å². The Hall–Kier alpha value is -2.05. The van der Waals surface area contributed by atoms with Gasteiger partial charge in [0.15, 0.2) is 9.84 Å². The minimum atomic E-state index is -3.19. The summed E-state index contributed by atoms with van der Waals surface area (Å²) in [6, 6.07) is 12.4. The molecule has 2 aliphatic rings. The summed E-state index contributed by atoms with van der Waals surface area (Å²) in [6.45, 7) is 4.26. The Labute approximate surface area is 164 Å². The highest BCUT2D eigenvalue weighted by Crippen LogP contribution is 2.37. The number of amides is 2. The summed E-state index contributed by atoms with van der Waals surface area (Å²) >= 11 is 6.08. The van der Waals surface area contributed by atoms with Gasteiger partial charge >= 0.3 is 6.03 Å². The van der Waals surface area contributed by atoms with Crippen LogP contribution in [0.2, 0.25) is 5.02 Å². The molecular weight excluding hydrogens is 384 g/mol. The first-order chi connectivity index (χ1) is 12.7. The number of benzene rings is 2. The number of sulfone groups is 1. The lowest BCUT2D eigenvalue weighted by atomic mass is 10.1. The second kappa shape index (κ2) is 6.53. The smallest absolute Gasteiger partial charge is 0.314 e. The minimum absolute atomic E-state index is 0.00281. The van der Waals surface area contributed by atoms with Crippen molar-refractivity contribution in [2.45, 2.75) is 32.5 Å². The fourth-order valence-corrected chi connectivity index (χ4v) is 6.22. The van der Waals surface area contributed by atoms with Crippen LogP contribution in [-0.2, 0) is 16.4 Å². The van der Waals surface area contributed by atoms with Crippen molar-refractivity contribution >= 4 is 33.2 Å². The van der Waals surface area contributed by atoms with Crippen molar-refractivity contribution in [2.24, 2.45) is 0 Å². The molecule has 5 nitrogen and oxygen atoms in total. The number of hydrogen-bond donors (Lipinski definition) is 0. The maximum Gasteiger partial charge on any atom is 0.325 e. The van der Waals surface area contributed by atoms with E-state index < -0.39 is 9.84 Å². The maximum absolute atomic E-state index is 13.3. The minimum Gasteiger partial charge on any atom is -0.314 e. The first-order valence-corrected chi connectivity index (χ1v) is 11.1. The molecule has 0 aliphatic carbocycles. The maximum atomic E-state index is 13.3. The van der Waals surface area contributed by atoms with Gasteiger partial charge in [0.2, 0.25) is 0 Å². The topological polar surface area (TPSA) is 57.7 Å². The Morgan fingerprint density at radius 2 is 1.81 bits per heavy atom. The SMILES string of the molecule is Cc1ccc(C)c(N2C(=O)N(Cc3cccc(Cl)c3)[C@H]3CS(=O)(=O)C[C@H]32)c1. The van der Waals surface area contributed by atoms with Crippen LogP contribution in [-0.4, -0.2) is 42.9 Å². The van der Waals surface area contributed by atoms with Gasteiger partial charge in [-0.05, 0) is 48.7 Å². The van der Waals surface area contributed by atoms with E-state index in [2.05, 4.69) is 0 Å². The fraction of sp³-hybridized carbons (Fsp3) is 0.350. The van der Waals surface area contributed by atoms with Crippen molar-refractivity contribution < 1.29 is 13.2 Å². The number of fused-ring (bicyclic) bond motifs is 1. The van der Waals surface area contributed by atoms with Gasteiger partial charge in [-0.1, -0.05) is 35.9 Å². The number of nitrogens with zero attached hydrogens (tertiary/aromatic N) is 2. The molecule has 7 heteroatoms. The molecule has 2 fully saturated rings. The molecule has 0 saturated carbocycles. The first-order valence-electron chi connectivity index (χ1n) is 8.87. The molecular formula is C20H21ClN2O3S. The molecule has 2 heterocycles. The van der Waals surface area contributed by atoms with Crippen molar-refractivity contribution in [1.82, 2.24) is 4.90 Å². The standard InChI is InChI=1S/C20H21ClN2O3S/c1-13-6-7-14(2)17(8-13)23-19-12-27(25,26)11-18(19)22(20(23)24)10-15-4-3-5-16(21)9-15/h3-9,18-19H,10-12H2,1-2H3/t18-,19+/m0/s1. The molecule has 2 aromatic carbocycles. The normalized spacial score (nSPS) is 23.7. The Morgan fingerprint density at radius 3 is 2.56 bits per heavy atom. The lowest BCUT2D eigenvalue weighted by molar-refractivity contribution is 0.206. The van der Waals surface area contributed by atoms with Crippen LogP contribution >= 0.6 is 11.6 Å². The van der Waals surface area contributed by atoms with E-state index in [1.807, 2.05) is 50.2 Å². The highest BCUT2D eigenvalue weighted by atomic mass is 35.5. The summed E-state index contributed by atoms with van der Waals surface area (Å²) in [5.74, 6) is 0.00811. The van der Waals surface area contributed by atoms with Crippen LogP contribution in [0.3, 0.4) is 0 Å². The van der Waals surface area contributed by atoms with E-state index in [4.69, 9.17) is 11.6 Å². The molecule has 2 saturated heterocycles. The molecule has 4 rings (SSSR count). The quantitative estimate of drug-likeness (QED) is 0.735. The molecule has 142 valence electrons. The Bertz CT molecular complexity index is 1020. The molecule has 0 aromatic heterocycles. The number of halogens is 1. The van der Waals surface area contributed by atoms with Crippen molar-refractivity contribution in [1.29, 1.82) is 0 Å². The molecule has 0 bridgehead atoms. The largest absolute Gasteiger partial charge is 0.325 e. The molecule has 27 heavy (non-hydrogen) atoms. The van der Waals surface area contributed by atoms with Gasteiger partial charge in [0.05, 0.1) is 23.6 Å². The fourth-order valence-electron chi connectivity index (χ4n) is 4.05. The van der Waals surface area contributed by atoms with Crippen molar-refractivity contribution in [3.05, 3.63) is 64.2 Å². The number of urea groups is 1. The number of hydrogen-bond acceptors (Lipinski definition) is 3. The van der Waals surface area contributed by atoms with E-state index in [0.717, 1.165) is 22.4 Å². The highest BCUT2D eigenvalue weighted by Gasteiger charge is 2.54. The van der Waals surface area contributed by atoms with Crippen molar-refractivity contribution in [3.63, 3.8) is 0 Å². The third-order valence-corrected chi connectivity index (χ3v) is 7.28. The number of aryl methyl sites for hydroxylation is 2. The van der Waals surface area contributed by atoms with Crippen LogP contribution in [0.5, 0.6) is 0 Å². The highest BCUT2D eigenvalue weighted by molar-refractivity contribution is 7.91. The van der Waals surface area contributed by atoms with Crippen LogP contribution in [0, 0.1) is 13.8 Å². The number of anilines is 1. The van der Waals surface area contributed by atoms with Crippen LogP contribution in [0.4, 0.5) is 10.5 Å². The number of rotatable bonds is 3. The van der Waals surface area contributed by atoms with Crippen LogP contribution in [0.25, 0.3) is 0 Å². The van der Waals surface area contributed by atoms with Crippen molar-refractivity contribution in [2.75, 3.05) is 16.4 Å². The van der Waals surface area contributed by atoms with Gasteiger partial charge < -0.3 is 4.90 Å². The summed E-state index contributed by atoms with van der Waals surface area (Å²) in [5.41, 5.74) is 3.68. The van der Waals surface area contributed by atoms with Gasteiger partial charge in [-0.25, -0.2) is 13.2 Å². The molecule has 2 aromatic rings. The van der Waals surface area contributed by atoms with Gasteiger partial charge in [0, 0.05) is 17.3 Å². The second-order valence-electron chi connectivity index (χ2n) is 7.41. The number of carbonyl (C=O) groups is 1. The average Bonchev–Trinajstić information content (AvgIpc) is 3.01. The van der Waals surface area contributed by atoms with Crippen molar-refractivity contribution in [3.8, 4) is 0 Å². The summed E-state index contributed by atoms with van der Waals surface area (Å²) in [4.78, 5) is 16.7. The monoisotopic (exact) mass is 404 g/mol. The lowest BCUT2D eigenvalue weighted by Crippen LogP contribution is -2.38. The molecule has 2 amide bonds. The van der Waals surface area contributed by atoms with Crippen LogP contribution < -0.4 is 4.90 Å². The second-order valence-corrected chi connectivity index (χ2v) is 10.0. The average molecular weight is 405 g/mol. The Morgan fingerprint density at radius 1 is 1.07 bits per heavy atom. The lowest BCUT2D eigenvalue weighted by Gasteiger charge is -2.24. The van der Waals surface area contributed by atoms with Gasteiger partial charge in [-0.3, -0.25) is 4.90 Å². The van der Waals surface area contributed by atoms with E-state index in [9.17, 15) is 13.2 Å². The van der Waals surface area contributed by atoms with Gasteiger partial charge in [-0.15, -0.1) is 0 Å². The van der Waals surface area contributed by atoms with Crippen LogP contribution in [0.1, 0.15) is 16.7 Å². The summed E-state index contributed by atoms with van der Waals surface area (Å²) < 4.78 is 24.7. The third kappa shape index (κ3) is 3.32. The predicted octanol–water partition coefficient (Wildman–Crippen LogP) is 3.56. The van der Waals surface area contributed by atoms with Gasteiger partial charge in [-0.2, -0.15) is 0 Å². The number of carbonyl (C=O) groups excluding carboxylic acids is 1. The molecule has 0 unspecified atom stereocenters. The van der Waals surface area contributed by atoms with E-state index in [1.54, 1.807) is 15.9 Å². The summed E-state index contributed by atoms with van der Waals surface area (Å²) in [5, 5.41) is 0.598. The Balaban J connectivity index is 1.75. The molecule has 0 spiro atoms. The zero-order chi connectivity index (χ0) is 19.3. The Kier molecular flexibility index (Phi) is 4.43. The summed E-state index contributed by atoms with van der Waals surface area (Å²) in [6.07, 6.45) is 0. The zero-order valence-electron chi connectivity index (χ0n) is 15.2. The van der Waals surface area contributed by atoms with Gasteiger partial charge in [0.1, 0.15) is 0 Å². The molecule has 0 N–H and O–H groups in total. The molecule has 2 atom stereocenters. The first kappa shape index (κ1) is 18.3. The summed E-state index contributed by atoms with van der Waals surface area (Å²) in [7, 11) is -3.19. The molecule has 2 aliphatic heterocycles.